The molecule has 0 bridgehead atoms. The summed E-state index contributed by atoms with van der Waals surface area (Å²) in [7, 11) is 0. The zero-order valence-electron chi connectivity index (χ0n) is 10.7. The first kappa shape index (κ1) is 13.1. The second-order valence-electron chi connectivity index (χ2n) is 3.92. The van der Waals surface area contributed by atoms with Gasteiger partial charge in [0, 0.05) is 11.8 Å². The van der Waals surface area contributed by atoms with E-state index in [1.807, 2.05) is 0 Å². The van der Waals surface area contributed by atoms with Crippen LogP contribution in [0, 0.1) is 12.7 Å². The second-order valence-corrected chi connectivity index (χ2v) is 3.92. The van der Waals surface area contributed by atoms with E-state index in [1.165, 1.54) is 18.3 Å². The van der Waals surface area contributed by atoms with Crippen LogP contribution in [0.5, 0.6) is 0 Å². The molecule has 0 saturated heterocycles. The minimum absolute atomic E-state index is 0.304. The summed E-state index contributed by atoms with van der Waals surface area (Å²) < 4.78 is 17.7. The zero-order valence-corrected chi connectivity index (χ0v) is 10.7. The highest BCUT2D eigenvalue weighted by atomic mass is 19.1. The summed E-state index contributed by atoms with van der Waals surface area (Å²) in [4.78, 5) is 20.0. The van der Waals surface area contributed by atoms with Crippen molar-refractivity contribution in [2.24, 2.45) is 0 Å². The van der Waals surface area contributed by atoms with Crippen LogP contribution in [0.2, 0.25) is 0 Å². The predicted molar refractivity (Wildman–Crippen MR) is 68.1 cm³/mol. The lowest BCUT2D eigenvalue weighted by molar-refractivity contribution is 0.0524. The highest BCUT2D eigenvalue weighted by Gasteiger charge is 2.13. The number of hydrogen-bond donors (Lipinski definition) is 0. The van der Waals surface area contributed by atoms with E-state index >= 15 is 0 Å². The van der Waals surface area contributed by atoms with Gasteiger partial charge in [-0.15, -0.1) is 0 Å². The van der Waals surface area contributed by atoms with Crippen molar-refractivity contribution in [2.75, 3.05) is 6.61 Å². The van der Waals surface area contributed by atoms with Gasteiger partial charge in [0.1, 0.15) is 5.82 Å². The van der Waals surface area contributed by atoms with Crippen molar-refractivity contribution >= 4 is 5.97 Å². The molecular weight excluding hydrogens is 247 g/mol. The van der Waals surface area contributed by atoms with Gasteiger partial charge in [0.2, 0.25) is 0 Å². The molecule has 19 heavy (non-hydrogen) atoms. The first-order valence-electron chi connectivity index (χ1n) is 5.88. The highest BCUT2D eigenvalue weighted by molar-refractivity contribution is 5.90. The number of carbonyl (C=O) groups excluding carboxylic acids is 1. The summed E-state index contributed by atoms with van der Waals surface area (Å²) >= 11 is 0. The number of esters is 1. The molecule has 4 nitrogen and oxygen atoms in total. The second kappa shape index (κ2) is 5.56. The number of rotatable bonds is 3. The van der Waals surface area contributed by atoms with Gasteiger partial charge in [0.15, 0.2) is 5.82 Å². The van der Waals surface area contributed by atoms with Crippen LogP contribution in [0.15, 0.2) is 30.5 Å². The maximum absolute atomic E-state index is 12.8. The van der Waals surface area contributed by atoms with Gasteiger partial charge in [-0.3, -0.25) is 0 Å². The van der Waals surface area contributed by atoms with Gasteiger partial charge in [-0.2, -0.15) is 0 Å². The van der Waals surface area contributed by atoms with Crippen molar-refractivity contribution in [1.29, 1.82) is 0 Å². The molecule has 2 rings (SSSR count). The first-order valence-corrected chi connectivity index (χ1v) is 5.88. The number of ether oxygens (including phenoxy) is 1. The predicted octanol–water partition coefficient (Wildman–Crippen LogP) is 2.77. The van der Waals surface area contributed by atoms with Gasteiger partial charge in [-0.05, 0) is 38.1 Å². The molecule has 1 aromatic carbocycles. The third-order valence-electron chi connectivity index (χ3n) is 2.58. The Morgan fingerprint density at radius 1 is 1.32 bits per heavy atom. The zero-order chi connectivity index (χ0) is 13.8. The van der Waals surface area contributed by atoms with Gasteiger partial charge in [-0.1, -0.05) is 0 Å². The standard InChI is InChI=1S/C14H13FN2O2/c1-3-19-14(18)12-8-16-13(17-9(12)2)10-4-6-11(15)7-5-10/h4-8H,3H2,1-2H3. The lowest BCUT2D eigenvalue weighted by Crippen LogP contribution is -2.09. The van der Waals surface area contributed by atoms with E-state index in [2.05, 4.69) is 9.97 Å². The van der Waals surface area contributed by atoms with Gasteiger partial charge in [0.25, 0.3) is 0 Å². The average molecular weight is 260 g/mol. The maximum Gasteiger partial charge on any atom is 0.341 e. The first-order chi connectivity index (χ1) is 9.11. The van der Waals surface area contributed by atoms with E-state index in [4.69, 9.17) is 4.74 Å². The molecule has 0 amide bonds. The summed E-state index contributed by atoms with van der Waals surface area (Å²) in [5.74, 6) is -0.306. The Labute approximate surface area is 110 Å². The smallest absolute Gasteiger partial charge is 0.341 e. The molecule has 2 aromatic rings. The molecule has 0 aliphatic carbocycles. The van der Waals surface area contributed by atoms with Crippen LogP contribution in [0.1, 0.15) is 23.0 Å². The van der Waals surface area contributed by atoms with E-state index in [-0.39, 0.29) is 5.82 Å². The minimum atomic E-state index is -0.439. The van der Waals surface area contributed by atoms with E-state index in [0.717, 1.165) is 0 Å². The molecule has 1 aromatic heterocycles. The minimum Gasteiger partial charge on any atom is -0.462 e. The monoisotopic (exact) mass is 260 g/mol. The topological polar surface area (TPSA) is 52.1 Å². The normalized spacial score (nSPS) is 10.3. The molecule has 0 spiro atoms. The quantitative estimate of drug-likeness (QED) is 0.796. The molecule has 0 aliphatic rings. The summed E-state index contributed by atoms with van der Waals surface area (Å²) in [6.07, 6.45) is 1.43. The van der Waals surface area contributed by atoms with Crippen molar-refractivity contribution in [1.82, 2.24) is 9.97 Å². The Hall–Kier alpha value is -2.30. The van der Waals surface area contributed by atoms with Crippen molar-refractivity contribution in [3.8, 4) is 11.4 Å². The van der Waals surface area contributed by atoms with Gasteiger partial charge < -0.3 is 4.74 Å². The molecule has 0 radical (unpaired) electrons. The molecule has 0 saturated carbocycles. The Balaban J connectivity index is 2.33. The number of hydrogen-bond acceptors (Lipinski definition) is 4. The third-order valence-corrected chi connectivity index (χ3v) is 2.58. The molecule has 0 N–H and O–H groups in total. The van der Waals surface area contributed by atoms with E-state index in [0.29, 0.717) is 29.3 Å². The Morgan fingerprint density at radius 3 is 2.58 bits per heavy atom. The van der Waals surface area contributed by atoms with Crippen LogP contribution in [0.4, 0.5) is 4.39 Å². The van der Waals surface area contributed by atoms with Crippen LogP contribution in [-0.4, -0.2) is 22.5 Å². The van der Waals surface area contributed by atoms with Crippen molar-refractivity contribution in [2.45, 2.75) is 13.8 Å². The highest BCUT2D eigenvalue weighted by Crippen LogP contribution is 2.17. The van der Waals surface area contributed by atoms with E-state index in [1.54, 1.807) is 26.0 Å². The molecular formula is C14H13FN2O2. The summed E-state index contributed by atoms with van der Waals surface area (Å²) in [5, 5.41) is 0. The maximum atomic E-state index is 12.8. The summed E-state index contributed by atoms with van der Waals surface area (Å²) in [6, 6.07) is 5.86. The van der Waals surface area contributed by atoms with Gasteiger partial charge >= 0.3 is 5.97 Å². The SMILES string of the molecule is CCOC(=O)c1cnc(-c2ccc(F)cc2)nc1C. The van der Waals surface area contributed by atoms with Gasteiger partial charge in [-0.25, -0.2) is 19.2 Å². The molecule has 0 fully saturated rings. The fourth-order valence-corrected chi connectivity index (χ4v) is 1.61. The van der Waals surface area contributed by atoms with E-state index < -0.39 is 5.97 Å². The lowest BCUT2D eigenvalue weighted by atomic mass is 10.2. The van der Waals surface area contributed by atoms with Crippen molar-refractivity contribution < 1.29 is 13.9 Å². The molecule has 0 atom stereocenters. The number of aryl methyl sites for hydroxylation is 1. The molecule has 0 aliphatic heterocycles. The average Bonchev–Trinajstić information content (AvgIpc) is 2.39. The van der Waals surface area contributed by atoms with Crippen LogP contribution in [0.25, 0.3) is 11.4 Å². The fourth-order valence-electron chi connectivity index (χ4n) is 1.61. The van der Waals surface area contributed by atoms with Crippen LogP contribution >= 0.6 is 0 Å². The largest absolute Gasteiger partial charge is 0.462 e. The molecule has 0 unspecified atom stereocenters. The van der Waals surface area contributed by atoms with Gasteiger partial charge in [0.05, 0.1) is 17.9 Å². The molecule has 1 heterocycles. The number of aromatic nitrogens is 2. The van der Waals surface area contributed by atoms with Crippen LogP contribution in [0.3, 0.4) is 0 Å². The third kappa shape index (κ3) is 2.93. The Morgan fingerprint density at radius 2 is 2.00 bits per heavy atom. The molecule has 5 heteroatoms. The fraction of sp³-hybridized carbons (Fsp3) is 0.214. The molecule has 98 valence electrons. The van der Waals surface area contributed by atoms with Crippen LogP contribution < -0.4 is 0 Å². The number of carbonyl (C=O) groups is 1. The summed E-state index contributed by atoms with van der Waals surface area (Å²) in [5.41, 5.74) is 1.57. The van der Waals surface area contributed by atoms with E-state index in [9.17, 15) is 9.18 Å². The lowest BCUT2D eigenvalue weighted by Gasteiger charge is -2.06. The van der Waals surface area contributed by atoms with Crippen molar-refractivity contribution in [3.63, 3.8) is 0 Å². The number of nitrogens with zero attached hydrogens (tertiary/aromatic N) is 2. The Kier molecular flexibility index (Phi) is 3.85. The van der Waals surface area contributed by atoms with Crippen LogP contribution in [-0.2, 0) is 4.74 Å². The number of benzene rings is 1. The number of halogens is 1. The Bertz CT molecular complexity index is 597. The summed E-state index contributed by atoms with van der Waals surface area (Å²) in [6.45, 7) is 3.75. The van der Waals surface area contributed by atoms with Crippen molar-refractivity contribution in [3.05, 3.63) is 47.5 Å².